The Bertz CT molecular complexity index is 1640. The first kappa shape index (κ1) is 29.9. The fraction of sp³-hybridized carbons (Fsp3) is 0.267. The Labute approximate surface area is 249 Å². The Morgan fingerprint density at radius 2 is 1.84 bits per heavy atom. The van der Waals surface area contributed by atoms with Crippen LogP contribution >= 0.6 is 11.6 Å². The van der Waals surface area contributed by atoms with Crippen molar-refractivity contribution < 1.29 is 37.3 Å². The lowest BCUT2D eigenvalue weighted by atomic mass is 9.90. The first-order valence-corrected chi connectivity index (χ1v) is 13.6. The van der Waals surface area contributed by atoms with Gasteiger partial charge in [0.2, 0.25) is 0 Å². The maximum atomic E-state index is 13.8. The summed E-state index contributed by atoms with van der Waals surface area (Å²) in [4.78, 5) is 29.4. The van der Waals surface area contributed by atoms with Gasteiger partial charge in [0.15, 0.2) is 11.5 Å². The minimum absolute atomic E-state index is 0.148. The standard InChI is InChI=1S/C30H26ClF3N4O5/c1-42-29(41)37-14-4-5-20(16-37)19-12-10-18(11-13-19)17-43-26-21(6-2-7-23(26)31)24-8-3-9-25(36-24)38-27(30(32,33)34)22(15-35-38)28(39)40/h2-3,6-13,15,20H,4-5,14,16-17H2,1H3,(H,39,40)/t20-/m0/s1. The van der Waals surface area contributed by atoms with Crippen LogP contribution in [0.2, 0.25) is 5.02 Å². The van der Waals surface area contributed by atoms with E-state index in [0.29, 0.717) is 29.5 Å². The molecule has 0 spiro atoms. The molecule has 1 amide bonds. The van der Waals surface area contributed by atoms with Crippen molar-refractivity contribution in [3.05, 3.63) is 94.3 Å². The number of methoxy groups -OCH3 is 1. The fourth-order valence-corrected chi connectivity index (χ4v) is 5.31. The van der Waals surface area contributed by atoms with Crippen LogP contribution in [0.4, 0.5) is 18.0 Å². The highest BCUT2D eigenvalue weighted by Gasteiger charge is 2.41. The summed E-state index contributed by atoms with van der Waals surface area (Å²) < 4.78 is 52.7. The Kier molecular flexibility index (Phi) is 8.58. The van der Waals surface area contributed by atoms with Crippen molar-refractivity contribution in [1.29, 1.82) is 0 Å². The van der Waals surface area contributed by atoms with Crippen LogP contribution in [0.5, 0.6) is 5.75 Å². The van der Waals surface area contributed by atoms with Gasteiger partial charge in [-0.15, -0.1) is 0 Å². The van der Waals surface area contributed by atoms with Crippen molar-refractivity contribution in [3.63, 3.8) is 0 Å². The lowest BCUT2D eigenvalue weighted by Gasteiger charge is -2.32. The van der Waals surface area contributed by atoms with E-state index in [9.17, 15) is 27.9 Å². The zero-order valence-electron chi connectivity index (χ0n) is 22.8. The van der Waals surface area contributed by atoms with Crippen LogP contribution < -0.4 is 4.74 Å². The van der Waals surface area contributed by atoms with Crippen LogP contribution in [0.25, 0.3) is 17.1 Å². The van der Waals surface area contributed by atoms with E-state index in [0.717, 1.165) is 24.0 Å². The summed E-state index contributed by atoms with van der Waals surface area (Å²) in [5.74, 6) is -1.51. The average molecular weight is 615 g/mol. The molecule has 1 aliphatic rings. The molecule has 4 aromatic rings. The summed E-state index contributed by atoms with van der Waals surface area (Å²) in [5, 5.41) is 13.2. The van der Waals surface area contributed by atoms with Gasteiger partial charge in [0, 0.05) is 24.6 Å². The summed E-state index contributed by atoms with van der Waals surface area (Å²) >= 11 is 6.48. The third kappa shape index (κ3) is 6.43. The van der Waals surface area contributed by atoms with Crippen LogP contribution in [-0.4, -0.2) is 57.0 Å². The summed E-state index contributed by atoms with van der Waals surface area (Å²) in [7, 11) is 1.37. The molecular formula is C30H26ClF3N4O5. The molecule has 1 fully saturated rings. The molecule has 5 rings (SSSR count). The third-order valence-electron chi connectivity index (χ3n) is 7.15. The number of aromatic nitrogens is 3. The SMILES string of the molecule is COC(=O)N1CCC[C@H](c2ccc(COc3c(Cl)cccc3-c3cccc(-n4ncc(C(=O)O)c4C(F)(F)F)n3)cc2)C1. The number of likely N-dealkylation sites (tertiary alicyclic amines) is 1. The van der Waals surface area contributed by atoms with E-state index < -0.39 is 23.4 Å². The second kappa shape index (κ2) is 12.3. The normalized spacial score (nSPS) is 15.3. The van der Waals surface area contributed by atoms with E-state index in [4.69, 9.17) is 21.1 Å². The number of carboxylic acid groups (broad SMARTS) is 1. The maximum Gasteiger partial charge on any atom is 0.434 e. The number of amides is 1. The minimum atomic E-state index is -4.99. The molecule has 0 aliphatic carbocycles. The van der Waals surface area contributed by atoms with Gasteiger partial charge < -0.3 is 19.5 Å². The number of halogens is 4. The molecule has 3 heterocycles. The number of hydrogen-bond donors (Lipinski definition) is 1. The molecule has 1 atom stereocenters. The molecular weight excluding hydrogens is 589 g/mol. The van der Waals surface area contributed by atoms with E-state index in [1.165, 1.54) is 19.2 Å². The molecule has 0 radical (unpaired) electrons. The Morgan fingerprint density at radius 3 is 2.53 bits per heavy atom. The number of piperidine rings is 1. The van der Waals surface area contributed by atoms with Gasteiger partial charge in [-0.25, -0.2) is 19.3 Å². The number of carboxylic acids is 1. The molecule has 9 nitrogen and oxygen atoms in total. The number of aromatic carboxylic acids is 1. The van der Waals surface area contributed by atoms with Crippen molar-refractivity contribution >= 4 is 23.7 Å². The zero-order valence-corrected chi connectivity index (χ0v) is 23.6. The van der Waals surface area contributed by atoms with E-state index in [-0.39, 0.29) is 40.9 Å². The molecule has 1 aliphatic heterocycles. The first-order valence-electron chi connectivity index (χ1n) is 13.3. The van der Waals surface area contributed by atoms with Crippen molar-refractivity contribution in [2.24, 2.45) is 0 Å². The highest BCUT2D eigenvalue weighted by Crippen LogP contribution is 2.38. The fourth-order valence-electron chi connectivity index (χ4n) is 5.09. The summed E-state index contributed by atoms with van der Waals surface area (Å²) in [6.07, 6.45) is -2.84. The number of carbonyl (C=O) groups excluding carboxylic acids is 1. The number of carbonyl (C=O) groups is 2. The smallest absolute Gasteiger partial charge is 0.434 e. The molecule has 0 saturated carbocycles. The number of alkyl halides is 3. The van der Waals surface area contributed by atoms with Gasteiger partial charge >= 0.3 is 18.2 Å². The van der Waals surface area contributed by atoms with Crippen LogP contribution in [-0.2, 0) is 17.5 Å². The second-order valence-corrected chi connectivity index (χ2v) is 10.3. The lowest BCUT2D eigenvalue weighted by Crippen LogP contribution is -2.38. The van der Waals surface area contributed by atoms with E-state index in [1.54, 1.807) is 29.2 Å². The molecule has 1 saturated heterocycles. The van der Waals surface area contributed by atoms with Gasteiger partial charge in [-0.05, 0) is 48.2 Å². The molecule has 13 heteroatoms. The Balaban J connectivity index is 1.37. The number of nitrogens with zero attached hydrogens (tertiary/aromatic N) is 4. The lowest BCUT2D eigenvalue weighted by molar-refractivity contribution is -0.143. The zero-order chi connectivity index (χ0) is 30.7. The number of pyridine rings is 1. The molecule has 43 heavy (non-hydrogen) atoms. The van der Waals surface area contributed by atoms with Crippen LogP contribution in [0.15, 0.2) is 66.9 Å². The number of rotatable bonds is 7. The monoisotopic (exact) mass is 614 g/mol. The largest absolute Gasteiger partial charge is 0.487 e. The number of ether oxygens (including phenoxy) is 2. The van der Waals surface area contributed by atoms with Gasteiger partial charge in [0.1, 0.15) is 17.9 Å². The van der Waals surface area contributed by atoms with E-state index in [1.807, 2.05) is 24.3 Å². The highest BCUT2D eigenvalue weighted by atomic mass is 35.5. The van der Waals surface area contributed by atoms with Crippen molar-refractivity contribution in [1.82, 2.24) is 19.7 Å². The first-order chi connectivity index (χ1) is 20.6. The maximum absolute atomic E-state index is 13.8. The molecule has 0 unspecified atom stereocenters. The summed E-state index contributed by atoms with van der Waals surface area (Å²) in [6.45, 7) is 1.40. The van der Waals surface area contributed by atoms with Gasteiger partial charge in [-0.3, -0.25) is 0 Å². The predicted octanol–water partition coefficient (Wildman–Crippen LogP) is 6.83. The quantitative estimate of drug-likeness (QED) is 0.243. The minimum Gasteiger partial charge on any atom is -0.487 e. The van der Waals surface area contributed by atoms with Crippen LogP contribution in [0.1, 0.15) is 45.9 Å². The van der Waals surface area contributed by atoms with Crippen LogP contribution in [0.3, 0.4) is 0 Å². The van der Waals surface area contributed by atoms with Crippen molar-refractivity contribution in [2.75, 3.05) is 20.2 Å². The molecule has 2 aromatic heterocycles. The molecule has 224 valence electrons. The molecule has 2 aromatic carbocycles. The predicted molar refractivity (Wildman–Crippen MR) is 150 cm³/mol. The van der Waals surface area contributed by atoms with Gasteiger partial charge in [0.05, 0.1) is 24.0 Å². The second-order valence-electron chi connectivity index (χ2n) is 9.90. The Morgan fingerprint density at radius 1 is 1.09 bits per heavy atom. The summed E-state index contributed by atoms with van der Waals surface area (Å²) in [6, 6.07) is 17.2. The van der Waals surface area contributed by atoms with E-state index >= 15 is 0 Å². The topological polar surface area (TPSA) is 107 Å². The number of para-hydroxylation sites is 1. The Hall–Kier alpha value is -4.58. The highest BCUT2D eigenvalue weighted by molar-refractivity contribution is 6.32. The van der Waals surface area contributed by atoms with E-state index in [2.05, 4.69) is 10.1 Å². The van der Waals surface area contributed by atoms with Gasteiger partial charge in [0.25, 0.3) is 0 Å². The molecule has 1 N–H and O–H groups in total. The van der Waals surface area contributed by atoms with Gasteiger partial charge in [-0.1, -0.05) is 48.0 Å². The van der Waals surface area contributed by atoms with Gasteiger partial charge in [-0.2, -0.15) is 18.3 Å². The summed E-state index contributed by atoms with van der Waals surface area (Å²) in [5.41, 5.74) is 0.196. The average Bonchev–Trinajstić information content (AvgIpc) is 3.47. The van der Waals surface area contributed by atoms with Crippen molar-refractivity contribution in [3.8, 4) is 22.8 Å². The number of hydrogen-bond acceptors (Lipinski definition) is 6. The van der Waals surface area contributed by atoms with Crippen molar-refractivity contribution in [2.45, 2.75) is 31.5 Å². The molecule has 0 bridgehead atoms. The van der Waals surface area contributed by atoms with Crippen LogP contribution in [0, 0.1) is 0 Å². The third-order valence-corrected chi connectivity index (χ3v) is 7.45. The number of benzene rings is 2.